The van der Waals surface area contributed by atoms with Crippen LogP contribution in [-0.2, 0) is 20.1 Å². The maximum atomic E-state index is 4.83. The number of rotatable bonds is 7. The fourth-order valence-electron chi connectivity index (χ4n) is 3.64. The Hall–Kier alpha value is -1.68. The molecular formula is C22H36IN7. The number of piperidine rings is 1. The number of nitrogens with zero attached hydrogens (tertiary/aromatic N) is 5. The number of hydrogen-bond donors (Lipinski definition) is 2. The maximum absolute atomic E-state index is 4.83. The van der Waals surface area contributed by atoms with Crippen LogP contribution in [-0.4, -0.2) is 51.3 Å². The molecule has 0 aliphatic carbocycles. The van der Waals surface area contributed by atoms with Gasteiger partial charge in [0, 0.05) is 32.7 Å². The quantitative estimate of drug-likeness (QED) is 0.331. The predicted molar refractivity (Wildman–Crippen MR) is 133 cm³/mol. The second kappa shape index (κ2) is 12.2. The molecule has 2 aromatic rings. The van der Waals surface area contributed by atoms with Gasteiger partial charge in [0.2, 0.25) is 0 Å². The zero-order chi connectivity index (χ0) is 20.6. The second-order valence-electron chi connectivity index (χ2n) is 8.34. The maximum Gasteiger partial charge on any atom is 0.192 e. The van der Waals surface area contributed by atoms with Crippen molar-refractivity contribution in [2.45, 2.75) is 52.7 Å². The molecule has 1 aromatic carbocycles. The van der Waals surface area contributed by atoms with Crippen molar-refractivity contribution in [3.05, 3.63) is 47.5 Å². The lowest BCUT2D eigenvalue weighted by Crippen LogP contribution is -2.49. The summed E-state index contributed by atoms with van der Waals surface area (Å²) in [5.74, 6) is 3.38. The number of halogens is 1. The summed E-state index contributed by atoms with van der Waals surface area (Å²) in [5.41, 5.74) is 1.20. The van der Waals surface area contributed by atoms with E-state index >= 15 is 0 Å². The molecule has 30 heavy (non-hydrogen) atoms. The molecule has 166 valence electrons. The third kappa shape index (κ3) is 7.54. The van der Waals surface area contributed by atoms with Gasteiger partial charge in [-0.05, 0) is 31.2 Å². The topological polar surface area (TPSA) is 70.4 Å². The Morgan fingerprint density at radius 3 is 2.47 bits per heavy atom. The molecule has 0 radical (unpaired) electrons. The van der Waals surface area contributed by atoms with Crippen LogP contribution in [0.1, 0.15) is 43.9 Å². The largest absolute Gasteiger partial charge is 0.354 e. The number of likely N-dealkylation sites (tertiary alicyclic amines) is 1. The number of aliphatic imine (C=N–C) groups is 1. The van der Waals surface area contributed by atoms with Gasteiger partial charge < -0.3 is 20.1 Å². The van der Waals surface area contributed by atoms with Gasteiger partial charge in [0.1, 0.15) is 5.82 Å². The van der Waals surface area contributed by atoms with E-state index in [0.29, 0.717) is 19.1 Å². The molecule has 1 aliphatic heterocycles. The molecule has 2 N–H and O–H groups in total. The van der Waals surface area contributed by atoms with Gasteiger partial charge in [0.05, 0.1) is 13.1 Å². The second-order valence-corrected chi connectivity index (χ2v) is 8.34. The van der Waals surface area contributed by atoms with E-state index in [9.17, 15) is 0 Å². The number of nitrogens with one attached hydrogen (secondary N) is 2. The normalized spacial score (nSPS) is 15.8. The highest BCUT2D eigenvalue weighted by Crippen LogP contribution is 2.12. The molecule has 0 atom stereocenters. The van der Waals surface area contributed by atoms with Gasteiger partial charge in [0.15, 0.2) is 11.8 Å². The van der Waals surface area contributed by atoms with Crippen molar-refractivity contribution in [1.82, 2.24) is 30.3 Å². The SMILES string of the molecule is Cc1nnc(CNC(=NCc2ccccc2)NC2CCN(CC(C)C)CC2)n1C.I. The van der Waals surface area contributed by atoms with Gasteiger partial charge in [-0.3, -0.25) is 0 Å². The lowest BCUT2D eigenvalue weighted by molar-refractivity contribution is 0.187. The summed E-state index contributed by atoms with van der Waals surface area (Å²) in [6.07, 6.45) is 2.28. The summed E-state index contributed by atoms with van der Waals surface area (Å²) in [6.45, 7) is 11.3. The summed E-state index contributed by atoms with van der Waals surface area (Å²) in [7, 11) is 1.99. The lowest BCUT2D eigenvalue weighted by Gasteiger charge is -2.34. The number of aromatic nitrogens is 3. The molecular weight excluding hydrogens is 489 g/mol. The zero-order valence-electron chi connectivity index (χ0n) is 18.6. The van der Waals surface area contributed by atoms with E-state index in [1.54, 1.807) is 0 Å². The minimum absolute atomic E-state index is 0. The van der Waals surface area contributed by atoms with Gasteiger partial charge in [-0.25, -0.2) is 4.99 Å². The Kier molecular flexibility index (Phi) is 10.0. The highest BCUT2D eigenvalue weighted by molar-refractivity contribution is 14.0. The molecule has 0 saturated carbocycles. The first-order valence-corrected chi connectivity index (χ1v) is 10.7. The predicted octanol–water partition coefficient (Wildman–Crippen LogP) is 3.10. The van der Waals surface area contributed by atoms with E-state index in [1.165, 1.54) is 12.1 Å². The van der Waals surface area contributed by atoms with Crippen molar-refractivity contribution in [1.29, 1.82) is 0 Å². The minimum Gasteiger partial charge on any atom is -0.354 e. The summed E-state index contributed by atoms with van der Waals surface area (Å²) in [6, 6.07) is 10.8. The van der Waals surface area contributed by atoms with Gasteiger partial charge in [-0.2, -0.15) is 0 Å². The molecule has 0 amide bonds. The number of benzene rings is 1. The van der Waals surface area contributed by atoms with Gasteiger partial charge >= 0.3 is 0 Å². The molecule has 3 rings (SSSR count). The first-order chi connectivity index (χ1) is 14.0. The van der Waals surface area contributed by atoms with Crippen molar-refractivity contribution in [3.63, 3.8) is 0 Å². The number of hydrogen-bond acceptors (Lipinski definition) is 4. The minimum atomic E-state index is 0. The Bertz CT molecular complexity index is 780. The van der Waals surface area contributed by atoms with Crippen LogP contribution in [0.3, 0.4) is 0 Å². The van der Waals surface area contributed by atoms with Gasteiger partial charge in [-0.1, -0.05) is 44.2 Å². The summed E-state index contributed by atoms with van der Waals surface area (Å²) in [5, 5.41) is 15.5. The average molecular weight is 525 g/mol. The van der Waals surface area contributed by atoms with E-state index in [4.69, 9.17) is 4.99 Å². The average Bonchev–Trinajstić information content (AvgIpc) is 3.04. The highest BCUT2D eigenvalue weighted by Gasteiger charge is 2.20. The first kappa shape index (κ1) is 24.6. The zero-order valence-corrected chi connectivity index (χ0v) is 21.0. The van der Waals surface area contributed by atoms with Crippen LogP contribution in [0.2, 0.25) is 0 Å². The molecule has 0 bridgehead atoms. The molecule has 1 fully saturated rings. The smallest absolute Gasteiger partial charge is 0.192 e. The Balaban J connectivity index is 0.00000320. The Morgan fingerprint density at radius 1 is 1.17 bits per heavy atom. The lowest BCUT2D eigenvalue weighted by atomic mass is 10.0. The van der Waals surface area contributed by atoms with Crippen molar-refractivity contribution in [2.24, 2.45) is 18.0 Å². The van der Waals surface area contributed by atoms with Crippen LogP contribution >= 0.6 is 24.0 Å². The fourth-order valence-corrected chi connectivity index (χ4v) is 3.64. The van der Waals surface area contributed by atoms with Crippen molar-refractivity contribution in [3.8, 4) is 0 Å². The summed E-state index contributed by atoms with van der Waals surface area (Å²) >= 11 is 0. The standard InChI is InChI=1S/C22H35N7.HI/c1-17(2)16-29-12-10-20(11-13-29)25-22(23-14-19-8-6-5-7-9-19)24-15-21-27-26-18(3)28(21)4;/h5-9,17,20H,10-16H2,1-4H3,(H2,23,24,25);1H. The molecule has 8 heteroatoms. The molecule has 0 spiro atoms. The molecule has 0 unspecified atom stereocenters. The monoisotopic (exact) mass is 525 g/mol. The van der Waals surface area contributed by atoms with Crippen LogP contribution in [0.5, 0.6) is 0 Å². The Morgan fingerprint density at radius 2 is 1.87 bits per heavy atom. The molecule has 1 aromatic heterocycles. The van der Waals surface area contributed by atoms with E-state index in [-0.39, 0.29) is 24.0 Å². The molecule has 1 aliphatic rings. The highest BCUT2D eigenvalue weighted by atomic mass is 127. The third-order valence-corrected chi connectivity index (χ3v) is 5.41. The summed E-state index contributed by atoms with van der Waals surface area (Å²) in [4.78, 5) is 7.40. The number of aryl methyl sites for hydroxylation is 1. The van der Waals surface area contributed by atoms with Crippen LogP contribution in [0.25, 0.3) is 0 Å². The third-order valence-electron chi connectivity index (χ3n) is 5.41. The molecule has 1 saturated heterocycles. The van der Waals surface area contributed by atoms with Crippen LogP contribution in [0, 0.1) is 12.8 Å². The first-order valence-electron chi connectivity index (χ1n) is 10.7. The van der Waals surface area contributed by atoms with Gasteiger partial charge in [0.25, 0.3) is 0 Å². The number of guanidine groups is 1. The van der Waals surface area contributed by atoms with Crippen LogP contribution in [0.4, 0.5) is 0 Å². The van der Waals surface area contributed by atoms with Gasteiger partial charge in [-0.15, -0.1) is 34.2 Å². The van der Waals surface area contributed by atoms with Crippen LogP contribution < -0.4 is 10.6 Å². The van der Waals surface area contributed by atoms with Crippen LogP contribution in [0.15, 0.2) is 35.3 Å². The van der Waals surface area contributed by atoms with E-state index in [1.807, 2.05) is 24.6 Å². The van der Waals surface area contributed by atoms with Crippen molar-refractivity contribution in [2.75, 3.05) is 19.6 Å². The van der Waals surface area contributed by atoms with Crippen molar-refractivity contribution >= 4 is 29.9 Å². The summed E-state index contributed by atoms with van der Waals surface area (Å²) < 4.78 is 2.01. The van der Waals surface area contributed by atoms with E-state index in [0.717, 1.165) is 49.5 Å². The molecule has 7 nitrogen and oxygen atoms in total. The van der Waals surface area contributed by atoms with E-state index < -0.39 is 0 Å². The van der Waals surface area contributed by atoms with E-state index in [2.05, 4.69) is 63.8 Å². The Labute approximate surface area is 197 Å². The fraction of sp³-hybridized carbons (Fsp3) is 0.591. The van der Waals surface area contributed by atoms with Crippen molar-refractivity contribution < 1.29 is 0 Å². The molecule has 2 heterocycles.